The normalized spacial score (nSPS) is 10.8. The zero-order chi connectivity index (χ0) is 13.4. The van der Waals surface area contributed by atoms with Crippen molar-refractivity contribution in [3.63, 3.8) is 0 Å². The second-order valence-electron chi connectivity index (χ2n) is 4.53. The highest BCUT2D eigenvalue weighted by Crippen LogP contribution is 2.30. The molecule has 3 heteroatoms. The van der Waals surface area contributed by atoms with Gasteiger partial charge in [0.1, 0.15) is 4.88 Å². The SMILES string of the molecule is Cc1ccc(-c2ccc3sc(C(=O)O)cc3c2)cc1. The zero-order valence-electron chi connectivity index (χ0n) is 10.4. The third-order valence-corrected chi connectivity index (χ3v) is 4.22. The number of aromatic carboxylic acids is 1. The van der Waals surface area contributed by atoms with Crippen molar-refractivity contribution in [3.8, 4) is 11.1 Å². The number of rotatable bonds is 2. The summed E-state index contributed by atoms with van der Waals surface area (Å²) in [5.41, 5.74) is 3.49. The Morgan fingerprint density at radius 1 is 1.00 bits per heavy atom. The molecule has 3 aromatic rings. The van der Waals surface area contributed by atoms with Crippen LogP contribution in [0.1, 0.15) is 15.2 Å². The number of hydrogen-bond donors (Lipinski definition) is 1. The molecule has 19 heavy (non-hydrogen) atoms. The van der Waals surface area contributed by atoms with Crippen molar-refractivity contribution in [1.82, 2.24) is 0 Å². The molecule has 0 fully saturated rings. The van der Waals surface area contributed by atoms with Gasteiger partial charge in [0.2, 0.25) is 0 Å². The summed E-state index contributed by atoms with van der Waals surface area (Å²) in [7, 11) is 0. The van der Waals surface area contributed by atoms with Crippen molar-refractivity contribution in [3.05, 3.63) is 59.0 Å². The highest BCUT2D eigenvalue weighted by Gasteiger charge is 2.09. The van der Waals surface area contributed by atoms with Crippen LogP contribution in [0.3, 0.4) is 0 Å². The van der Waals surface area contributed by atoms with E-state index in [0.29, 0.717) is 4.88 Å². The van der Waals surface area contributed by atoms with E-state index in [1.807, 2.05) is 18.2 Å². The second-order valence-corrected chi connectivity index (χ2v) is 5.62. The van der Waals surface area contributed by atoms with E-state index in [9.17, 15) is 4.79 Å². The van der Waals surface area contributed by atoms with E-state index >= 15 is 0 Å². The van der Waals surface area contributed by atoms with E-state index in [2.05, 4.69) is 31.2 Å². The Morgan fingerprint density at radius 2 is 1.68 bits per heavy atom. The van der Waals surface area contributed by atoms with Gasteiger partial charge >= 0.3 is 5.97 Å². The van der Waals surface area contributed by atoms with Crippen LogP contribution in [0.5, 0.6) is 0 Å². The minimum absolute atomic E-state index is 0.385. The number of carboxylic acids is 1. The number of benzene rings is 2. The fraction of sp³-hybridized carbons (Fsp3) is 0.0625. The Balaban J connectivity index is 2.10. The summed E-state index contributed by atoms with van der Waals surface area (Å²) >= 11 is 1.31. The summed E-state index contributed by atoms with van der Waals surface area (Å²) in [6.45, 7) is 2.06. The third kappa shape index (κ3) is 2.25. The Kier molecular flexibility index (Phi) is 2.84. The summed E-state index contributed by atoms with van der Waals surface area (Å²) < 4.78 is 1.01. The summed E-state index contributed by atoms with van der Waals surface area (Å²) in [6, 6.07) is 16.1. The molecule has 3 rings (SSSR count). The van der Waals surface area contributed by atoms with Gasteiger partial charge in [0, 0.05) is 4.70 Å². The highest BCUT2D eigenvalue weighted by atomic mass is 32.1. The molecule has 0 aliphatic rings. The fourth-order valence-corrected chi connectivity index (χ4v) is 2.96. The van der Waals surface area contributed by atoms with Crippen LogP contribution in [0.4, 0.5) is 0 Å². The van der Waals surface area contributed by atoms with E-state index in [0.717, 1.165) is 21.2 Å². The average Bonchev–Trinajstić information content (AvgIpc) is 2.82. The lowest BCUT2D eigenvalue weighted by Gasteiger charge is -2.02. The first-order valence-electron chi connectivity index (χ1n) is 5.97. The molecule has 2 nitrogen and oxygen atoms in total. The van der Waals surface area contributed by atoms with Crippen LogP contribution in [-0.2, 0) is 0 Å². The van der Waals surface area contributed by atoms with Gasteiger partial charge in [-0.2, -0.15) is 0 Å². The topological polar surface area (TPSA) is 37.3 Å². The van der Waals surface area contributed by atoms with Crippen LogP contribution >= 0.6 is 11.3 Å². The first kappa shape index (κ1) is 11.9. The van der Waals surface area contributed by atoms with Crippen molar-refractivity contribution in [2.45, 2.75) is 6.92 Å². The van der Waals surface area contributed by atoms with E-state index in [4.69, 9.17) is 5.11 Å². The molecule has 94 valence electrons. The minimum Gasteiger partial charge on any atom is -0.477 e. The van der Waals surface area contributed by atoms with Crippen molar-refractivity contribution in [2.24, 2.45) is 0 Å². The molecule has 0 unspecified atom stereocenters. The molecular formula is C16H12O2S. The molecular weight excluding hydrogens is 256 g/mol. The maximum atomic E-state index is 11.0. The van der Waals surface area contributed by atoms with Gasteiger partial charge in [-0.3, -0.25) is 0 Å². The lowest BCUT2D eigenvalue weighted by Crippen LogP contribution is -1.89. The molecule has 0 saturated carbocycles. The van der Waals surface area contributed by atoms with Crippen molar-refractivity contribution < 1.29 is 9.90 Å². The quantitative estimate of drug-likeness (QED) is 0.739. The molecule has 0 radical (unpaired) electrons. The lowest BCUT2D eigenvalue weighted by molar-refractivity contribution is 0.0702. The summed E-state index contributed by atoms with van der Waals surface area (Å²) in [5.74, 6) is -0.863. The van der Waals surface area contributed by atoms with E-state index < -0.39 is 5.97 Å². The number of hydrogen-bond acceptors (Lipinski definition) is 2. The number of aryl methyl sites for hydroxylation is 1. The summed E-state index contributed by atoms with van der Waals surface area (Å²) in [4.78, 5) is 11.4. The van der Waals surface area contributed by atoms with Crippen LogP contribution < -0.4 is 0 Å². The molecule has 1 heterocycles. The highest BCUT2D eigenvalue weighted by molar-refractivity contribution is 7.20. The molecule has 0 bridgehead atoms. The number of fused-ring (bicyclic) bond motifs is 1. The van der Waals surface area contributed by atoms with E-state index in [-0.39, 0.29) is 0 Å². The zero-order valence-corrected chi connectivity index (χ0v) is 11.2. The van der Waals surface area contributed by atoms with Crippen molar-refractivity contribution in [1.29, 1.82) is 0 Å². The average molecular weight is 268 g/mol. The van der Waals surface area contributed by atoms with Crippen molar-refractivity contribution >= 4 is 27.4 Å². The molecule has 0 spiro atoms. The predicted octanol–water partition coefficient (Wildman–Crippen LogP) is 4.57. The molecule has 0 aliphatic carbocycles. The van der Waals surface area contributed by atoms with Crippen molar-refractivity contribution in [2.75, 3.05) is 0 Å². The van der Waals surface area contributed by atoms with Gasteiger partial charge < -0.3 is 5.11 Å². The molecule has 1 aromatic heterocycles. The third-order valence-electron chi connectivity index (χ3n) is 3.11. The van der Waals surface area contributed by atoms with Gasteiger partial charge in [0.05, 0.1) is 0 Å². The standard InChI is InChI=1S/C16H12O2S/c1-10-2-4-11(5-3-10)12-6-7-14-13(8-12)9-15(19-14)16(17)18/h2-9H,1H3,(H,17,18). The first-order chi connectivity index (χ1) is 9.13. The van der Waals surface area contributed by atoms with Gasteiger partial charge in [-0.25, -0.2) is 4.79 Å². The Hall–Kier alpha value is -2.13. The smallest absolute Gasteiger partial charge is 0.345 e. The monoisotopic (exact) mass is 268 g/mol. The fourth-order valence-electron chi connectivity index (χ4n) is 2.07. The largest absolute Gasteiger partial charge is 0.477 e. The van der Waals surface area contributed by atoms with Crippen LogP contribution in [0.15, 0.2) is 48.5 Å². The number of carboxylic acid groups (broad SMARTS) is 1. The van der Waals surface area contributed by atoms with Crippen LogP contribution in [0.2, 0.25) is 0 Å². The maximum Gasteiger partial charge on any atom is 0.345 e. The Bertz CT molecular complexity index is 754. The summed E-state index contributed by atoms with van der Waals surface area (Å²) in [5, 5.41) is 10.00. The first-order valence-corrected chi connectivity index (χ1v) is 6.79. The molecule has 0 amide bonds. The second kappa shape index (κ2) is 4.52. The minimum atomic E-state index is -0.863. The molecule has 0 saturated heterocycles. The molecule has 1 N–H and O–H groups in total. The Labute approximate surface area is 114 Å². The van der Waals surface area contributed by atoms with Gasteiger partial charge in [0.25, 0.3) is 0 Å². The maximum absolute atomic E-state index is 11.0. The Morgan fingerprint density at radius 3 is 2.37 bits per heavy atom. The molecule has 0 aliphatic heterocycles. The van der Waals surface area contributed by atoms with Gasteiger partial charge in [-0.1, -0.05) is 35.9 Å². The van der Waals surface area contributed by atoms with Gasteiger partial charge in [-0.15, -0.1) is 11.3 Å². The van der Waals surface area contributed by atoms with Crippen LogP contribution in [0.25, 0.3) is 21.2 Å². The molecule has 2 aromatic carbocycles. The number of carbonyl (C=O) groups is 1. The lowest BCUT2D eigenvalue weighted by atomic mass is 10.0. The van der Waals surface area contributed by atoms with E-state index in [1.165, 1.54) is 16.9 Å². The van der Waals surface area contributed by atoms with Crippen LogP contribution in [0, 0.1) is 6.92 Å². The van der Waals surface area contributed by atoms with Crippen LogP contribution in [-0.4, -0.2) is 11.1 Å². The predicted molar refractivity (Wildman–Crippen MR) is 79.0 cm³/mol. The van der Waals surface area contributed by atoms with Gasteiger partial charge in [0.15, 0.2) is 0 Å². The van der Waals surface area contributed by atoms with E-state index in [1.54, 1.807) is 6.07 Å². The van der Waals surface area contributed by atoms with Gasteiger partial charge in [-0.05, 0) is 41.6 Å². The molecule has 0 atom stereocenters. The number of thiophene rings is 1. The summed E-state index contributed by atoms with van der Waals surface area (Å²) in [6.07, 6.45) is 0.